The van der Waals surface area contributed by atoms with Crippen LogP contribution in [-0.4, -0.2) is 36.5 Å². The van der Waals surface area contributed by atoms with Crippen molar-refractivity contribution in [2.24, 2.45) is 5.92 Å². The van der Waals surface area contributed by atoms with Crippen LogP contribution in [0.15, 0.2) is 0 Å². The van der Waals surface area contributed by atoms with Crippen molar-refractivity contribution in [3.63, 3.8) is 0 Å². The molecule has 2 fully saturated rings. The molecule has 2 aliphatic heterocycles. The van der Waals surface area contributed by atoms with E-state index in [4.69, 9.17) is 0 Å². The molecule has 2 N–H and O–H groups in total. The van der Waals surface area contributed by atoms with Gasteiger partial charge < -0.3 is 10.6 Å². The predicted octanol–water partition coefficient (Wildman–Crippen LogP) is 1.03. The molecule has 5 heteroatoms. The Hall–Kier alpha value is 0.0700. The quantitative estimate of drug-likeness (QED) is 0.786. The molecule has 2 saturated heterocycles. The van der Waals surface area contributed by atoms with Crippen molar-refractivity contribution >= 4 is 30.1 Å². The molecule has 0 aromatic carbocycles. The zero-order valence-electron chi connectivity index (χ0n) is 8.83. The van der Waals surface area contributed by atoms with Crippen molar-refractivity contribution in [1.82, 2.24) is 10.6 Å². The maximum absolute atomic E-state index is 11.6. The summed E-state index contributed by atoms with van der Waals surface area (Å²) < 4.78 is 0. The van der Waals surface area contributed by atoms with Gasteiger partial charge in [-0.05, 0) is 44.0 Å². The second kappa shape index (κ2) is 6.61. The zero-order chi connectivity index (χ0) is 9.80. The highest BCUT2D eigenvalue weighted by molar-refractivity contribution is 8.00. The smallest absolute Gasteiger partial charge is 0.233 e. The van der Waals surface area contributed by atoms with Gasteiger partial charge in [0.05, 0.1) is 5.25 Å². The molecule has 0 radical (unpaired) electrons. The van der Waals surface area contributed by atoms with E-state index in [9.17, 15) is 4.79 Å². The minimum atomic E-state index is 0. The summed E-state index contributed by atoms with van der Waals surface area (Å²) in [7, 11) is 0. The maximum atomic E-state index is 11.6. The minimum absolute atomic E-state index is 0. The van der Waals surface area contributed by atoms with Gasteiger partial charge >= 0.3 is 0 Å². The predicted molar refractivity (Wildman–Crippen MR) is 66.7 cm³/mol. The first kappa shape index (κ1) is 13.1. The second-order valence-electron chi connectivity index (χ2n) is 4.11. The molecule has 2 rings (SSSR count). The molecule has 1 amide bonds. The lowest BCUT2D eigenvalue weighted by molar-refractivity contribution is -0.120. The van der Waals surface area contributed by atoms with Gasteiger partial charge in [0, 0.05) is 6.54 Å². The number of thioether (sulfide) groups is 1. The first-order valence-corrected chi connectivity index (χ1v) is 6.51. The van der Waals surface area contributed by atoms with Crippen LogP contribution in [0.1, 0.15) is 19.3 Å². The SMILES string of the molecule is Cl.O=C(NCC1CCNC1)C1CCCS1. The number of halogens is 1. The molecule has 15 heavy (non-hydrogen) atoms. The summed E-state index contributed by atoms with van der Waals surface area (Å²) in [5.41, 5.74) is 0. The molecule has 0 aromatic rings. The summed E-state index contributed by atoms with van der Waals surface area (Å²) in [5, 5.41) is 6.62. The van der Waals surface area contributed by atoms with Gasteiger partial charge in [-0.1, -0.05) is 0 Å². The van der Waals surface area contributed by atoms with Crippen molar-refractivity contribution in [1.29, 1.82) is 0 Å². The van der Waals surface area contributed by atoms with Crippen molar-refractivity contribution in [2.75, 3.05) is 25.4 Å². The summed E-state index contributed by atoms with van der Waals surface area (Å²) in [6, 6.07) is 0. The fraction of sp³-hybridized carbons (Fsp3) is 0.900. The highest BCUT2D eigenvalue weighted by Crippen LogP contribution is 2.26. The Labute approximate surface area is 102 Å². The van der Waals surface area contributed by atoms with Crippen molar-refractivity contribution < 1.29 is 4.79 Å². The Bertz CT molecular complexity index is 204. The van der Waals surface area contributed by atoms with Gasteiger partial charge in [-0.3, -0.25) is 4.79 Å². The van der Waals surface area contributed by atoms with E-state index in [1.54, 1.807) is 11.8 Å². The van der Waals surface area contributed by atoms with E-state index < -0.39 is 0 Å². The van der Waals surface area contributed by atoms with Crippen LogP contribution in [0.5, 0.6) is 0 Å². The van der Waals surface area contributed by atoms with Crippen LogP contribution in [-0.2, 0) is 4.79 Å². The lowest BCUT2D eigenvalue weighted by Gasteiger charge is -2.12. The average molecular weight is 251 g/mol. The summed E-state index contributed by atoms with van der Waals surface area (Å²) in [6.07, 6.45) is 3.48. The van der Waals surface area contributed by atoms with Crippen LogP contribution in [0.3, 0.4) is 0 Å². The number of amides is 1. The monoisotopic (exact) mass is 250 g/mol. The van der Waals surface area contributed by atoms with Gasteiger partial charge in [-0.2, -0.15) is 0 Å². The van der Waals surface area contributed by atoms with E-state index in [1.165, 1.54) is 12.8 Å². The van der Waals surface area contributed by atoms with Crippen LogP contribution in [0.25, 0.3) is 0 Å². The molecule has 0 bridgehead atoms. The lowest BCUT2D eigenvalue weighted by Crippen LogP contribution is -2.35. The Morgan fingerprint density at radius 3 is 2.93 bits per heavy atom. The van der Waals surface area contributed by atoms with Crippen molar-refractivity contribution in [2.45, 2.75) is 24.5 Å². The lowest BCUT2D eigenvalue weighted by atomic mass is 10.1. The Balaban J connectivity index is 0.00000112. The van der Waals surface area contributed by atoms with E-state index in [0.717, 1.165) is 31.8 Å². The van der Waals surface area contributed by atoms with Gasteiger partial charge in [0.2, 0.25) is 5.91 Å². The van der Waals surface area contributed by atoms with E-state index in [-0.39, 0.29) is 23.6 Å². The zero-order valence-corrected chi connectivity index (χ0v) is 10.5. The Morgan fingerprint density at radius 1 is 1.47 bits per heavy atom. The van der Waals surface area contributed by atoms with Crippen LogP contribution < -0.4 is 10.6 Å². The number of hydrogen-bond acceptors (Lipinski definition) is 3. The highest BCUT2D eigenvalue weighted by Gasteiger charge is 2.24. The van der Waals surface area contributed by atoms with Gasteiger partial charge in [-0.15, -0.1) is 24.2 Å². The van der Waals surface area contributed by atoms with Crippen molar-refractivity contribution in [3.8, 4) is 0 Å². The molecule has 0 spiro atoms. The van der Waals surface area contributed by atoms with Gasteiger partial charge in [-0.25, -0.2) is 0 Å². The fourth-order valence-corrected chi connectivity index (χ4v) is 3.22. The standard InChI is InChI=1S/C10H18N2OS.ClH/c13-10(9-2-1-5-14-9)12-7-8-3-4-11-6-8;/h8-9,11H,1-7H2,(H,12,13);1H. The molecule has 3 nitrogen and oxygen atoms in total. The van der Waals surface area contributed by atoms with E-state index in [1.807, 2.05) is 0 Å². The molecule has 2 heterocycles. The second-order valence-corrected chi connectivity index (χ2v) is 5.42. The maximum Gasteiger partial charge on any atom is 0.233 e. The molecule has 0 aliphatic carbocycles. The van der Waals surface area contributed by atoms with Crippen LogP contribution in [0.4, 0.5) is 0 Å². The molecule has 2 aliphatic rings. The third-order valence-electron chi connectivity index (χ3n) is 2.95. The number of carbonyl (C=O) groups is 1. The van der Waals surface area contributed by atoms with Crippen LogP contribution in [0, 0.1) is 5.92 Å². The fourth-order valence-electron chi connectivity index (χ4n) is 2.03. The Morgan fingerprint density at radius 2 is 2.33 bits per heavy atom. The van der Waals surface area contributed by atoms with E-state index in [0.29, 0.717) is 5.92 Å². The highest BCUT2D eigenvalue weighted by atomic mass is 35.5. The van der Waals surface area contributed by atoms with Gasteiger partial charge in [0.1, 0.15) is 0 Å². The third kappa shape index (κ3) is 3.85. The summed E-state index contributed by atoms with van der Waals surface area (Å²) in [5.74, 6) is 2.08. The molecule has 0 saturated carbocycles. The first-order valence-electron chi connectivity index (χ1n) is 5.46. The normalized spacial score (nSPS) is 29.9. The van der Waals surface area contributed by atoms with E-state index >= 15 is 0 Å². The third-order valence-corrected chi connectivity index (χ3v) is 4.33. The molecule has 0 aromatic heterocycles. The van der Waals surface area contributed by atoms with Gasteiger partial charge in [0.25, 0.3) is 0 Å². The molecular weight excluding hydrogens is 232 g/mol. The van der Waals surface area contributed by atoms with Crippen LogP contribution in [0.2, 0.25) is 0 Å². The summed E-state index contributed by atoms with van der Waals surface area (Å²) >= 11 is 1.81. The average Bonchev–Trinajstić information content (AvgIpc) is 2.87. The Kier molecular flexibility index (Phi) is 5.79. The van der Waals surface area contributed by atoms with E-state index in [2.05, 4.69) is 10.6 Å². The minimum Gasteiger partial charge on any atom is -0.355 e. The molecular formula is C10H19ClN2OS. The van der Waals surface area contributed by atoms with Crippen LogP contribution >= 0.6 is 24.2 Å². The van der Waals surface area contributed by atoms with Crippen molar-refractivity contribution in [3.05, 3.63) is 0 Å². The number of nitrogens with one attached hydrogen (secondary N) is 2. The largest absolute Gasteiger partial charge is 0.355 e. The number of hydrogen-bond donors (Lipinski definition) is 2. The number of carbonyl (C=O) groups excluding carboxylic acids is 1. The topological polar surface area (TPSA) is 41.1 Å². The molecule has 2 atom stereocenters. The number of rotatable bonds is 3. The first-order chi connectivity index (χ1) is 6.86. The summed E-state index contributed by atoms with van der Waals surface area (Å²) in [6.45, 7) is 3.04. The summed E-state index contributed by atoms with van der Waals surface area (Å²) in [4.78, 5) is 11.6. The van der Waals surface area contributed by atoms with Gasteiger partial charge in [0.15, 0.2) is 0 Å². The molecule has 88 valence electrons. The molecule has 2 unspecified atom stereocenters.